The second-order valence-electron chi connectivity index (χ2n) is 12.9. The molecule has 0 N–H and O–H groups in total. The first-order valence-corrected chi connectivity index (χ1v) is 16.6. The smallest absolute Gasteiger partial charge is 0.0547 e. The molecule has 2 aromatic heterocycles. The van der Waals surface area contributed by atoms with Gasteiger partial charge in [-0.1, -0.05) is 121 Å². The van der Waals surface area contributed by atoms with Crippen molar-refractivity contribution in [3.8, 4) is 44.8 Å². The van der Waals surface area contributed by atoms with Crippen LogP contribution in [0.15, 0.2) is 170 Å². The van der Waals surface area contributed by atoms with E-state index in [0.717, 1.165) is 0 Å². The number of fused-ring (bicyclic) bond motifs is 9. The van der Waals surface area contributed by atoms with E-state index in [4.69, 9.17) is 0 Å². The summed E-state index contributed by atoms with van der Waals surface area (Å²) in [7, 11) is 0. The Morgan fingerprint density at radius 2 is 0.854 bits per heavy atom. The van der Waals surface area contributed by atoms with Gasteiger partial charge in [0, 0.05) is 32.6 Å². The molecule has 0 bridgehead atoms. The third-order valence-corrected chi connectivity index (χ3v) is 10.5. The van der Waals surface area contributed by atoms with Crippen LogP contribution in [-0.4, -0.2) is 9.13 Å². The highest BCUT2D eigenvalue weighted by molar-refractivity contribution is 6.19. The van der Waals surface area contributed by atoms with Crippen LogP contribution >= 0.6 is 0 Å². The van der Waals surface area contributed by atoms with Gasteiger partial charge in [-0.2, -0.15) is 0 Å². The van der Waals surface area contributed by atoms with Crippen molar-refractivity contribution in [2.75, 3.05) is 0 Å². The molecule has 2 heterocycles. The van der Waals surface area contributed by atoms with Crippen LogP contribution in [0, 0.1) is 0 Å². The lowest BCUT2D eigenvalue weighted by Crippen LogP contribution is -1.96. The van der Waals surface area contributed by atoms with Crippen molar-refractivity contribution in [3.05, 3.63) is 170 Å². The maximum atomic E-state index is 2.47. The van der Waals surface area contributed by atoms with Gasteiger partial charge < -0.3 is 9.13 Å². The molecule has 48 heavy (non-hydrogen) atoms. The molecule has 0 spiro atoms. The van der Waals surface area contributed by atoms with E-state index >= 15 is 0 Å². The van der Waals surface area contributed by atoms with E-state index in [1.807, 2.05) is 0 Å². The molecule has 0 atom stereocenters. The Morgan fingerprint density at radius 1 is 0.292 bits per heavy atom. The summed E-state index contributed by atoms with van der Waals surface area (Å²) < 4.78 is 4.86. The standard InChI is InChI=1S/C46H28N2/c1-2-11-31(12-3-1)47-41-19-8-6-15-34(41)36-23-21-30(28-45(36)47)29-22-25-44-40(27-29)35-16-7-9-20-42(35)48(44)43-26-24-38-33-14-5-4-13-32(33)37-17-10-18-39(43)46(37)38/h1-28H. The van der Waals surface area contributed by atoms with Crippen molar-refractivity contribution >= 4 is 54.4 Å². The summed E-state index contributed by atoms with van der Waals surface area (Å²) >= 11 is 0. The van der Waals surface area contributed by atoms with Crippen molar-refractivity contribution in [2.24, 2.45) is 0 Å². The minimum absolute atomic E-state index is 1.17. The zero-order valence-corrected chi connectivity index (χ0v) is 26.1. The summed E-state index contributed by atoms with van der Waals surface area (Å²) in [5, 5.41) is 7.70. The van der Waals surface area contributed by atoms with Crippen LogP contribution in [0.1, 0.15) is 0 Å². The van der Waals surface area contributed by atoms with Crippen LogP contribution in [0.25, 0.3) is 99.1 Å². The van der Waals surface area contributed by atoms with Gasteiger partial charge in [-0.15, -0.1) is 0 Å². The highest BCUT2D eigenvalue weighted by Crippen LogP contribution is 2.49. The third-order valence-electron chi connectivity index (χ3n) is 10.5. The average Bonchev–Trinajstić information content (AvgIpc) is 3.78. The number of nitrogens with zero attached hydrogens (tertiary/aromatic N) is 2. The molecule has 0 radical (unpaired) electrons. The van der Waals surface area contributed by atoms with E-state index in [-0.39, 0.29) is 0 Å². The van der Waals surface area contributed by atoms with Gasteiger partial charge in [0.1, 0.15) is 0 Å². The molecule has 11 rings (SSSR count). The first-order chi connectivity index (χ1) is 23.8. The van der Waals surface area contributed by atoms with E-state index in [9.17, 15) is 0 Å². The van der Waals surface area contributed by atoms with Crippen molar-refractivity contribution in [1.29, 1.82) is 0 Å². The molecule has 2 nitrogen and oxygen atoms in total. The Morgan fingerprint density at radius 3 is 1.67 bits per heavy atom. The molecular formula is C46H28N2. The predicted molar refractivity (Wildman–Crippen MR) is 202 cm³/mol. The zero-order valence-electron chi connectivity index (χ0n) is 26.1. The highest BCUT2D eigenvalue weighted by atomic mass is 15.0. The summed E-state index contributed by atoms with van der Waals surface area (Å²) in [4.78, 5) is 0. The monoisotopic (exact) mass is 608 g/mol. The number of aromatic nitrogens is 2. The fraction of sp³-hybridized carbons (Fsp3) is 0. The van der Waals surface area contributed by atoms with E-state index in [2.05, 4.69) is 179 Å². The van der Waals surface area contributed by atoms with E-state index in [1.165, 1.54) is 99.1 Å². The van der Waals surface area contributed by atoms with Crippen molar-refractivity contribution in [2.45, 2.75) is 0 Å². The van der Waals surface area contributed by atoms with Gasteiger partial charge in [-0.3, -0.25) is 0 Å². The molecule has 8 aromatic carbocycles. The van der Waals surface area contributed by atoms with Gasteiger partial charge in [0.15, 0.2) is 0 Å². The number of para-hydroxylation sites is 3. The summed E-state index contributed by atoms with van der Waals surface area (Å²) in [5.41, 5.74) is 15.0. The molecule has 0 unspecified atom stereocenters. The number of rotatable bonds is 3. The minimum Gasteiger partial charge on any atom is -0.309 e. The summed E-state index contributed by atoms with van der Waals surface area (Å²) in [5.74, 6) is 0. The molecule has 2 heteroatoms. The van der Waals surface area contributed by atoms with Crippen molar-refractivity contribution in [1.82, 2.24) is 9.13 Å². The van der Waals surface area contributed by atoms with Gasteiger partial charge >= 0.3 is 0 Å². The molecule has 1 aliphatic carbocycles. The largest absolute Gasteiger partial charge is 0.309 e. The second kappa shape index (κ2) is 9.57. The number of hydrogen-bond acceptors (Lipinski definition) is 0. The highest BCUT2D eigenvalue weighted by Gasteiger charge is 2.24. The normalized spacial score (nSPS) is 12.2. The lowest BCUT2D eigenvalue weighted by molar-refractivity contribution is 1.18. The first kappa shape index (κ1) is 25.8. The van der Waals surface area contributed by atoms with Crippen LogP contribution in [0.5, 0.6) is 0 Å². The molecular weight excluding hydrogens is 581 g/mol. The fourth-order valence-corrected chi connectivity index (χ4v) is 8.41. The van der Waals surface area contributed by atoms with Crippen LogP contribution in [0.3, 0.4) is 0 Å². The van der Waals surface area contributed by atoms with Gasteiger partial charge in [-0.05, 0) is 87.3 Å². The Balaban J connectivity index is 1.14. The molecule has 0 fully saturated rings. The topological polar surface area (TPSA) is 9.86 Å². The van der Waals surface area contributed by atoms with Crippen LogP contribution in [0.2, 0.25) is 0 Å². The van der Waals surface area contributed by atoms with E-state index in [0.29, 0.717) is 0 Å². The van der Waals surface area contributed by atoms with Crippen molar-refractivity contribution in [3.63, 3.8) is 0 Å². The second-order valence-corrected chi connectivity index (χ2v) is 12.9. The van der Waals surface area contributed by atoms with Crippen LogP contribution < -0.4 is 0 Å². The van der Waals surface area contributed by atoms with Gasteiger partial charge in [0.2, 0.25) is 0 Å². The van der Waals surface area contributed by atoms with Gasteiger partial charge in [-0.25, -0.2) is 0 Å². The van der Waals surface area contributed by atoms with Crippen molar-refractivity contribution < 1.29 is 0 Å². The maximum absolute atomic E-state index is 2.47. The fourth-order valence-electron chi connectivity index (χ4n) is 8.41. The Kier molecular flexibility index (Phi) is 5.14. The predicted octanol–water partition coefficient (Wildman–Crippen LogP) is 12.3. The summed E-state index contributed by atoms with van der Waals surface area (Å²) in [6.45, 7) is 0. The molecule has 0 aliphatic heterocycles. The average molecular weight is 609 g/mol. The maximum Gasteiger partial charge on any atom is 0.0547 e. The van der Waals surface area contributed by atoms with E-state index in [1.54, 1.807) is 0 Å². The molecule has 0 saturated carbocycles. The number of benzene rings is 8. The third kappa shape index (κ3) is 3.41. The zero-order chi connectivity index (χ0) is 31.3. The molecule has 0 saturated heterocycles. The van der Waals surface area contributed by atoms with Crippen LogP contribution in [-0.2, 0) is 0 Å². The lowest BCUT2D eigenvalue weighted by Gasteiger charge is -2.13. The van der Waals surface area contributed by atoms with Gasteiger partial charge in [0.05, 0.1) is 27.8 Å². The molecule has 0 amide bonds. The van der Waals surface area contributed by atoms with Gasteiger partial charge in [0.25, 0.3) is 0 Å². The first-order valence-electron chi connectivity index (χ1n) is 16.6. The Labute approximate surface area is 277 Å². The summed E-state index contributed by atoms with van der Waals surface area (Å²) in [6, 6.07) is 62.4. The Hall–Kier alpha value is -6.38. The quantitative estimate of drug-likeness (QED) is 0.189. The molecule has 1 aliphatic rings. The molecule has 222 valence electrons. The SMILES string of the molecule is c1ccc(-n2c3ccccc3c3ccc(-c4ccc5c(c4)c4ccccc4n5-c4ccc5c6c(cccc46)-c4ccccc4-5)cc32)cc1. The molecule has 10 aromatic rings. The Bertz CT molecular complexity index is 2910. The van der Waals surface area contributed by atoms with Crippen LogP contribution in [0.4, 0.5) is 0 Å². The summed E-state index contributed by atoms with van der Waals surface area (Å²) in [6.07, 6.45) is 0. The van der Waals surface area contributed by atoms with E-state index < -0.39 is 0 Å². The number of hydrogen-bond donors (Lipinski definition) is 0. The lowest BCUT2D eigenvalue weighted by atomic mass is 10.0. The minimum atomic E-state index is 1.17.